The number of hydrogen-bond acceptors (Lipinski definition) is 2. The average Bonchev–Trinajstić information content (AvgIpc) is 2.31. The van der Waals surface area contributed by atoms with Crippen LogP contribution in [0.3, 0.4) is 0 Å². The van der Waals surface area contributed by atoms with E-state index in [1.165, 1.54) is 18.3 Å². The first-order valence-electron chi connectivity index (χ1n) is 5.03. The summed E-state index contributed by atoms with van der Waals surface area (Å²) in [6, 6.07) is 3.84. The molecule has 0 N–H and O–H groups in total. The second kappa shape index (κ2) is 4.57. The zero-order valence-corrected chi connectivity index (χ0v) is 10.0. The van der Waals surface area contributed by atoms with Crippen LogP contribution >= 0.6 is 11.6 Å². The number of halogens is 4. The second-order valence-corrected chi connectivity index (χ2v) is 4.19. The van der Waals surface area contributed by atoms with Crippen LogP contribution in [-0.4, -0.2) is 9.97 Å². The topological polar surface area (TPSA) is 25.8 Å². The van der Waals surface area contributed by atoms with Crippen molar-refractivity contribution < 1.29 is 13.2 Å². The molecule has 94 valence electrons. The summed E-state index contributed by atoms with van der Waals surface area (Å²) < 4.78 is 39.4. The van der Waals surface area contributed by atoms with Gasteiger partial charge in [-0.2, -0.15) is 8.78 Å². The Morgan fingerprint density at radius 1 is 1.17 bits per heavy atom. The highest BCUT2D eigenvalue weighted by Gasteiger charge is 2.25. The number of alkyl halides is 2. The Morgan fingerprint density at radius 2 is 1.89 bits per heavy atom. The minimum atomic E-state index is -3.02. The molecule has 2 heterocycles. The molecule has 0 unspecified atom stereocenters. The second-order valence-electron chi connectivity index (χ2n) is 3.81. The number of rotatable bonds is 2. The molecule has 2 aromatic heterocycles. The van der Waals surface area contributed by atoms with Crippen LogP contribution in [0.25, 0.3) is 11.1 Å². The van der Waals surface area contributed by atoms with Crippen LogP contribution in [0.5, 0.6) is 0 Å². The Labute approximate surface area is 106 Å². The van der Waals surface area contributed by atoms with Crippen molar-refractivity contribution in [3.8, 4) is 11.1 Å². The molecule has 0 saturated heterocycles. The van der Waals surface area contributed by atoms with Gasteiger partial charge in [-0.25, -0.2) is 9.37 Å². The fourth-order valence-corrected chi connectivity index (χ4v) is 1.61. The van der Waals surface area contributed by atoms with Crippen molar-refractivity contribution >= 4 is 11.6 Å². The van der Waals surface area contributed by atoms with Gasteiger partial charge in [-0.15, -0.1) is 0 Å². The van der Waals surface area contributed by atoms with Gasteiger partial charge in [0.15, 0.2) is 0 Å². The quantitative estimate of drug-likeness (QED) is 0.771. The summed E-state index contributed by atoms with van der Waals surface area (Å²) in [7, 11) is 0. The molecule has 2 rings (SSSR count). The van der Waals surface area contributed by atoms with Crippen molar-refractivity contribution in [2.45, 2.75) is 12.8 Å². The number of aromatic nitrogens is 2. The Morgan fingerprint density at radius 3 is 2.44 bits per heavy atom. The lowest BCUT2D eigenvalue weighted by Gasteiger charge is -2.10. The molecule has 0 aliphatic carbocycles. The predicted molar refractivity (Wildman–Crippen MR) is 62.0 cm³/mol. The lowest BCUT2D eigenvalue weighted by molar-refractivity contribution is 0.0128. The molecule has 0 saturated carbocycles. The van der Waals surface area contributed by atoms with Gasteiger partial charge in [0.25, 0.3) is 5.92 Å². The first-order valence-corrected chi connectivity index (χ1v) is 5.41. The summed E-state index contributed by atoms with van der Waals surface area (Å²) in [5.74, 6) is -3.61. The summed E-state index contributed by atoms with van der Waals surface area (Å²) in [6.45, 7) is 0.749. The molecular weight excluding hydrogens is 265 g/mol. The van der Waals surface area contributed by atoms with Crippen LogP contribution in [0, 0.1) is 5.82 Å². The average molecular weight is 273 g/mol. The maximum absolute atomic E-state index is 13.5. The van der Waals surface area contributed by atoms with Crippen LogP contribution in [-0.2, 0) is 5.92 Å². The Hall–Kier alpha value is -1.62. The van der Waals surface area contributed by atoms with Crippen LogP contribution in [0.1, 0.15) is 12.6 Å². The molecule has 0 spiro atoms. The maximum atomic E-state index is 13.5. The Kier molecular flexibility index (Phi) is 3.26. The first-order chi connectivity index (χ1) is 8.38. The molecule has 0 radical (unpaired) electrons. The highest BCUT2D eigenvalue weighted by molar-refractivity contribution is 6.29. The van der Waals surface area contributed by atoms with E-state index in [4.69, 9.17) is 11.6 Å². The van der Waals surface area contributed by atoms with Gasteiger partial charge in [0, 0.05) is 24.2 Å². The van der Waals surface area contributed by atoms with Gasteiger partial charge in [0.2, 0.25) is 0 Å². The maximum Gasteiger partial charge on any atom is 0.286 e. The van der Waals surface area contributed by atoms with Gasteiger partial charge >= 0.3 is 0 Å². The standard InChI is InChI=1S/C12H8ClF3N2/c1-12(15,16)10-3-2-7(5-17-10)8-4-11(13)18-6-9(8)14/h2-6H,1H3. The van der Waals surface area contributed by atoms with Gasteiger partial charge in [-0.3, -0.25) is 4.98 Å². The molecule has 0 aliphatic rings. The van der Waals surface area contributed by atoms with E-state index in [0.717, 1.165) is 19.2 Å². The van der Waals surface area contributed by atoms with E-state index in [0.29, 0.717) is 5.56 Å². The summed E-state index contributed by atoms with van der Waals surface area (Å²) in [4.78, 5) is 7.19. The van der Waals surface area contributed by atoms with Crippen LogP contribution < -0.4 is 0 Å². The lowest BCUT2D eigenvalue weighted by atomic mass is 10.1. The summed E-state index contributed by atoms with van der Waals surface area (Å²) >= 11 is 5.65. The fourth-order valence-electron chi connectivity index (χ4n) is 1.45. The predicted octanol–water partition coefficient (Wildman–Crippen LogP) is 4.05. The number of hydrogen-bond donors (Lipinski definition) is 0. The van der Waals surface area contributed by atoms with E-state index in [1.54, 1.807) is 0 Å². The minimum absolute atomic E-state index is 0.122. The number of nitrogens with zero attached hydrogens (tertiary/aromatic N) is 2. The summed E-state index contributed by atoms with van der Waals surface area (Å²) in [5, 5.41) is 0.122. The van der Waals surface area contributed by atoms with Crippen LogP contribution in [0.4, 0.5) is 13.2 Å². The third-order valence-corrected chi connectivity index (χ3v) is 2.55. The van der Waals surface area contributed by atoms with Crippen molar-refractivity contribution in [2.24, 2.45) is 0 Å². The summed E-state index contributed by atoms with van der Waals surface area (Å²) in [5.41, 5.74) is 0.171. The smallest absolute Gasteiger partial charge is 0.254 e. The van der Waals surface area contributed by atoms with E-state index < -0.39 is 11.7 Å². The van der Waals surface area contributed by atoms with Crippen molar-refractivity contribution in [3.63, 3.8) is 0 Å². The van der Waals surface area contributed by atoms with Crippen LogP contribution in [0.2, 0.25) is 5.15 Å². The van der Waals surface area contributed by atoms with Gasteiger partial charge in [0.1, 0.15) is 16.7 Å². The van der Waals surface area contributed by atoms with Gasteiger partial charge in [0.05, 0.1) is 6.20 Å². The largest absolute Gasteiger partial charge is 0.286 e. The van der Waals surface area contributed by atoms with Crippen molar-refractivity contribution in [1.82, 2.24) is 9.97 Å². The van der Waals surface area contributed by atoms with Crippen molar-refractivity contribution in [2.75, 3.05) is 0 Å². The first kappa shape index (κ1) is 12.8. The third-order valence-electron chi connectivity index (χ3n) is 2.35. The zero-order valence-electron chi connectivity index (χ0n) is 9.29. The lowest BCUT2D eigenvalue weighted by Crippen LogP contribution is -2.09. The molecule has 0 amide bonds. The molecule has 6 heteroatoms. The molecule has 2 nitrogen and oxygen atoms in total. The van der Waals surface area contributed by atoms with Crippen molar-refractivity contribution in [3.05, 3.63) is 47.3 Å². The fraction of sp³-hybridized carbons (Fsp3) is 0.167. The monoisotopic (exact) mass is 272 g/mol. The highest BCUT2D eigenvalue weighted by Crippen LogP contribution is 2.28. The molecular formula is C12H8ClF3N2. The summed E-state index contributed by atoms with van der Waals surface area (Å²) in [6.07, 6.45) is 2.15. The van der Waals surface area contributed by atoms with Crippen LogP contribution in [0.15, 0.2) is 30.6 Å². The van der Waals surface area contributed by atoms with E-state index in [2.05, 4.69) is 9.97 Å². The molecule has 2 aromatic rings. The number of pyridine rings is 2. The van der Waals surface area contributed by atoms with Gasteiger partial charge in [-0.1, -0.05) is 17.7 Å². The third kappa shape index (κ3) is 2.61. The van der Waals surface area contributed by atoms with E-state index in [1.807, 2.05) is 0 Å². The normalized spacial score (nSPS) is 11.6. The van der Waals surface area contributed by atoms with Gasteiger partial charge in [-0.05, 0) is 12.1 Å². The minimum Gasteiger partial charge on any atom is -0.254 e. The van der Waals surface area contributed by atoms with E-state index in [9.17, 15) is 13.2 Å². The molecule has 18 heavy (non-hydrogen) atoms. The van der Waals surface area contributed by atoms with E-state index in [-0.39, 0.29) is 16.4 Å². The Balaban J connectivity index is 2.43. The van der Waals surface area contributed by atoms with Gasteiger partial charge < -0.3 is 0 Å². The molecule has 0 bridgehead atoms. The Bertz CT molecular complexity index is 565. The van der Waals surface area contributed by atoms with E-state index >= 15 is 0 Å². The zero-order chi connectivity index (χ0) is 13.3. The molecule has 0 fully saturated rings. The highest BCUT2D eigenvalue weighted by atomic mass is 35.5. The molecule has 0 aromatic carbocycles. The molecule has 0 atom stereocenters. The SMILES string of the molecule is CC(F)(F)c1ccc(-c2cc(Cl)ncc2F)cn1. The van der Waals surface area contributed by atoms with Crippen molar-refractivity contribution in [1.29, 1.82) is 0 Å². The molecule has 0 aliphatic heterocycles.